The van der Waals surface area contributed by atoms with Crippen molar-refractivity contribution in [2.24, 2.45) is 0 Å². The second-order valence-corrected chi connectivity index (χ2v) is 6.92. The number of hydrogen-bond acceptors (Lipinski definition) is 6. The minimum absolute atomic E-state index is 0.0839. The molecule has 0 aliphatic rings. The Morgan fingerprint density at radius 1 is 1.19 bits per heavy atom. The van der Waals surface area contributed by atoms with Crippen LogP contribution in [0.4, 0.5) is 5.69 Å². The second kappa shape index (κ2) is 8.25. The van der Waals surface area contributed by atoms with E-state index in [4.69, 9.17) is 4.74 Å². The minimum atomic E-state index is -0.0839. The average molecular weight is 370 g/mol. The van der Waals surface area contributed by atoms with E-state index in [1.807, 2.05) is 42.3 Å². The maximum Gasteiger partial charge on any atom is 0.238 e. The zero-order valence-corrected chi connectivity index (χ0v) is 16.0. The molecule has 0 aliphatic heterocycles. The largest absolute Gasteiger partial charge is 0.492 e. The summed E-state index contributed by atoms with van der Waals surface area (Å²) in [5.74, 6) is 0.780. The molecule has 7 heteroatoms. The van der Waals surface area contributed by atoms with Crippen molar-refractivity contribution in [1.82, 2.24) is 13.6 Å². The van der Waals surface area contributed by atoms with Crippen LogP contribution >= 0.6 is 11.7 Å². The zero-order chi connectivity index (χ0) is 18.5. The van der Waals surface area contributed by atoms with E-state index < -0.39 is 0 Å². The topological polar surface area (TPSA) is 67.3 Å². The van der Waals surface area contributed by atoms with Crippen LogP contribution in [-0.4, -0.2) is 46.3 Å². The van der Waals surface area contributed by atoms with E-state index in [0.717, 1.165) is 28.5 Å². The molecule has 1 heterocycles. The van der Waals surface area contributed by atoms with Crippen LogP contribution in [0.1, 0.15) is 11.1 Å². The van der Waals surface area contributed by atoms with Gasteiger partial charge in [0.25, 0.3) is 0 Å². The summed E-state index contributed by atoms with van der Waals surface area (Å²) >= 11 is 1.14. The highest BCUT2D eigenvalue weighted by Gasteiger charge is 2.11. The second-order valence-electron chi connectivity index (χ2n) is 6.40. The monoisotopic (exact) mass is 370 g/mol. The van der Waals surface area contributed by atoms with Crippen molar-refractivity contribution in [3.63, 3.8) is 0 Å². The maximum atomic E-state index is 12.3. The fourth-order valence-corrected chi connectivity index (χ4v) is 3.31. The summed E-state index contributed by atoms with van der Waals surface area (Å²) in [6.45, 7) is 5.56. The lowest BCUT2D eigenvalue weighted by molar-refractivity contribution is -0.117. The van der Waals surface area contributed by atoms with Gasteiger partial charge < -0.3 is 10.1 Å². The third-order valence-corrected chi connectivity index (χ3v) is 4.45. The number of fused-ring (bicyclic) bond motifs is 1. The van der Waals surface area contributed by atoms with Crippen LogP contribution in [0.25, 0.3) is 11.0 Å². The van der Waals surface area contributed by atoms with Crippen molar-refractivity contribution in [2.45, 2.75) is 13.8 Å². The van der Waals surface area contributed by atoms with E-state index in [-0.39, 0.29) is 12.5 Å². The van der Waals surface area contributed by atoms with Crippen LogP contribution in [0.2, 0.25) is 0 Å². The number of nitrogens with one attached hydrogen (secondary N) is 1. The van der Waals surface area contributed by atoms with E-state index in [2.05, 4.69) is 34.0 Å². The number of aryl methyl sites for hydroxylation is 2. The van der Waals surface area contributed by atoms with Crippen LogP contribution in [0.5, 0.6) is 5.75 Å². The Labute approximate surface area is 157 Å². The molecule has 0 spiro atoms. The summed E-state index contributed by atoms with van der Waals surface area (Å²) in [5.41, 5.74) is 4.58. The highest BCUT2D eigenvalue weighted by molar-refractivity contribution is 7.00. The van der Waals surface area contributed by atoms with Gasteiger partial charge >= 0.3 is 0 Å². The molecule has 0 atom stereocenters. The molecule has 1 N–H and O–H groups in total. The first kappa shape index (κ1) is 18.3. The fraction of sp³-hybridized carbons (Fsp3) is 0.316. The molecule has 0 fully saturated rings. The van der Waals surface area contributed by atoms with Gasteiger partial charge in [0.15, 0.2) is 0 Å². The van der Waals surface area contributed by atoms with Crippen LogP contribution in [-0.2, 0) is 4.79 Å². The Hall–Kier alpha value is -2.51. The number of amides is 1. The number of carbonyl (C=O) groups is 1. The number of hydrogen-bond donors (Lipinski definition) is 1. The average Bonchev–Trinajstić information content (AvgIpc) is 3.03. The molecule has 2 aromatic carbocycles. The lowest BCUT2D eigenvalue weighted by atomic mass is 10.1. The molecule has 3 aromatic rings. The fourth-order valence-electron chi connectivity index (χ4n) is 2.76. The third kappa shape index (κ3) is 4.77. The van der Waals surface area contributed by atoms with Gasteiger partial charge in [-0.05, 0) is 56.3 Å². The molecule has 0 aliphatic carbocycles. The first-order valence-electron chi connectivity index (χ1n) is 8.42. The normalized spacial score (nSPS) is 11.1. The first-order chi connectivity index (χ1) is 12.5. The molecule has 0 bridgehead atoms. The number of ether oxygens (including phenoxy) is 1. The van der Waals surface area contributed by atoms with Gasteiger partial charge in [0.2, 0.25) is 5.91 Å². The quantitative estimate of drug-likeness (QED) is 0.691. The molecule has 1 aromatic heterocycles. The molecule has 3 rings (SSSR count). The summed E-state index contributed by atoms with van der Waals surface area (Å²) in [6.07, 6.45) is 0. The number of anilines is 1. The van der Waals surface area contributed by atoms with Gasteiger partial charge in [0.05, 0.1) is 24.0 Å². The lowest BCUT2D eigenvalue weighted by Gasteiger charge is -2.17. The van der Waals surface area contributed by atoms with Gasteiger partial charge in [0, 0.05) is 6.54 Å². The van der Waals surface area contributed by atoms with E-state index in [1.54, 1.807) is 0 Å². The predicted molar refractivity (Wildman–Crippen MR) is 105 cm³/mol. The molecular formula is C19H22N4O2S. The van der Waals surface area contributed by atoms with Crippen molar-refractivity contribution in [2.75, 3.05) is 32.1 Å². The summed E-state index contributed by atoms with van der Waals surface area (Å²) in [6, 6.07) is 11.7. The maximum absolute atomic E-state index is 12.3. The van der Waals surface area contributed by atoms with Crippen LogP contribution in [0.15, 0.2) is 36.4 Å². The molecule has 136 valence electrons. The van der Waals surface area contributed by atoms with Gasteiger partial charge in [-0.1, -0.05) is 12.1 Å². The Balaban J connectivity index is 1.47. The van der Waals surface area contributed by atoms with Crippen molar-refractivity contribution < 1.29 is 9.53 Å². The molecular weight excluding hydrogens is 348 g/mol. The van der Waals surface area contributed by atoms with Gasteiger partial charge in [-0.2, -0.15) is 8.75 Å². The molecule has 6 nitrogen and oxygen atoms in total. The number of nitrogens with zero attached hydrogens (tertiary/aromatic N) is 3. The molecule has 0 saturated heterocycles. The Bertz CT molecular complexity index is 889. The number of benzene rings is 2. The van der Waals surface area contributed by atoms with Crippen molar-refractivity contribution in [3.8, 4) is 5.75 Å². The van der Waals surface area contributed by atoms with E-state index >= 15 is 0 Å². The highest BCUT2D eigenvalue weighted by Crippen LogP contribution is 2.21. The Kier molecular flexibility index (Phi) is 5.80. The summed E-state index contributed by atoms with van der Waals surface area (Å²) < 4.78 is 14.2. The Morgan fingerprint density at radius 3 is 2.73 bits per heavy atom. The van der Waals surface area contributed by atoms with Crippen LogP contribution in [0.3, 0.4) is 0 Å². The number of carbonyl (C=O) groups excluding carboxylic acids is 1. The zero-order valence-electron chi connectivity index (χ0n) is 15.2. The highest BCUT2D eigenvalue weighted by atomic mass is 32.1. The van der Waals surface area contributed by atoms with Gasteiger partial charge in [-0.3, -0.25) is 9.69 Å². The van der Waals surface area contributed by atoms with Gasteiger partial charge in [0.1, 0.15) is 23.4 Å². The van der Waals surface area contributed by atoms with E-state index in [9.17, 15) is 4.79 Å². The van der Waals surface area contributed by atoms with Crippen molar-refractivity contribution in [1.29, 1.82) is 0 Å². The van der Waals surface area contributed by atoms with Gasteiger partial charge in [-0.25, -0.2) is 0 Å². The predicted octanol–water partition coefficient (Wildman–Crippen LogP) is 3.26. The standard InChI is InChI=1S/C19H22N4O2S/c1-13-9-14(2)11-15(10-13)25-8-7-23(3)12-18(24)20-16-5-4-6-17-19(16)22-26-21-17/h4-6,9-11H,7-8,12H2,1-3H3,(H,20,24). The SMILES string of the molecule is Cc1cc(C)cc(OCCN(C)CC(=O)Nc2cccc3nsnc23)c1. The molecule has 1 amide bonds. The number of aromatic nitrogens is 2. The first-order valence-corrected chi connectivity index (χ1v) is 9.15. The van der Waals surface area contributed by atoms with E-state index in [1.165, 1.54) is 11.1 Å². The molecule has 0 radical (unpaired) electrons. The molecule has 0 saturated carbocycles. The van der Waals surface area contributed by atoms with Gasteiger partial charge in [-0.15, -0.1) is 0 Å². The molecule has 26 heavy (non-hydrogen) atoms. The number of likely N-dealkylation sites (N-methyl/N-ethyl adjacent to an activating group) is 1. The smallest absolute Gasteiger partial charge is 0.238 e. The Morgan fingerprint density at radius 2 is 1.96 bits per heavy atom. The van der Waals surface area contributed by atoms with E-state index in [0.29, 0.717) is 18.8 Å². The van der Waals surface area contributed by atoms with Crippen LogP contribution in [0, 0.1) is 13.8 Å². The lowest BCUT2D eigenvalue weighted by Crippen LogP contribution is -2.33. The summed E-state index contributed by atoms with van der Waals surface area (Å²) in [7, 11) is 1.90. The van der Waals surface area contributed by atoms with Crippen molar-refractivity contribution >= 4 is 34.4 Å². The van der Waals surface area contributed by atoms with Crippen LogP contribution < -0.4 is 10.1 Å². The third-order valence-electron chi connectivity index (χ3n) is 3.91. The summed E-state index contributed by atoms with van der Waals surface area (Å²) in [4.78, 5) is 14.2. The summed E-state index contributed by atoms with van der Waals surface area (Å²) in [5, 5.41) is 2.91. The number of rotatable bonds is 7. The minimum Gasteiger partial charge on any atom is -0.492 e. The van der Waals surface area contributed by atoms with Crippen molar-refractivity contribution in [3.05, 3.63) is 47.5 Å². The molecule has 0 unspecified atom stereocenters.